The molecule has 0 bridgehead atoms. The van der Waals surface area contributed by atoms with Crippen molar-refractivity contribution < 1.29 is 14.3 Å². The highest BCUT2D eigenvalue weighted by molar-refractivity contribution is 7.99. The van der Waals surface area contributed by atoms with E-state index in [1.54, 1.807) is 12.1 Å². The van der Waals surface area contributed by atoms with Gasteiger partial charge in [0.25, 0.3) is 0 Å². The minimum atomic E-state index is -0.855. The third kappa shape index (κ3) is 5.32. The lowest BCUT2D eigenvalue weighted by Crippen LogP contribution is -2.52. The Bertz CT molecular complexity index is 456. The van der Waals surface area contributed by atoms with Crippen LogP contribution in [0.15, 0.2) is 29.2 Å². The molecule has 0 aliphatic carbocycles. The fourth-order valence-electron chi connectivity index (χ4n) is 2.21. The largest absolute Gasteiger partial charge is 0.480 e. The van der Waals surface area contributed by atoms with Crippen molar-refractivity contribution in [2.75, 3.05) is 12.3 Å². The summed E-state index contributed by atoms with van der Waals surface area (Å²) < 4.78 is 13.5. The van der Waals surface area contributed by atoms with Crippen LogP contribution in [-0.2, 0) is 4.79 Å². The van der Waals surface area contributed by atoms with Gasteiger partial charge in [0.1, 0.15) is 11.4 Å². The molecular weight excluding hydrogens is 289 g/mol. The summed E-state index contributed by atoms with van der Waals surface area (Å²) in [4.78, 5) is 12.2. The van der Waals surface area contributed by atoms with Crippen LogP contribution in [0.3, 0.4) is 0 Å². The van der Waals surface area contributed by atoms with Crippen molar-refractivity contribution in [1.82, 2.24) is 5.32 Å². The molecule has 1 unspecified atom stereocenters. The van der Waals surface area contributed by atoms with Crippen molar-refractivity contribution in [3.8, 4) is 0 Å². The molecule has 0 heterocycles. The number of carboxylic acids is 1. The first-order chi connectivity index (χ1) is 10.1. The molecule has 5 heteroatoms. The van der Waals surface area contributed by atoms with Gasteiger partial charge in [-0.3, -0.25) is 4.79 Å². The van der Waals surface area contributed by atoms with Gasteiger partial charge in [-0.05, 0) is 50.1 Å². The molecule has 0 spiro atoms. The molecule has 0 saturated carbocycles. The molecule has 1 aromatic carbocycles. The summed E-state index contributed by atoms with van der Waals surface area (Å²) in [6.07, 6.45) is 2.74. The Kier molecular flexibility index (Phi) is 7.75. The fraction of sp³-hybridized carbons (Fsp3) is 0.562. The molecule has 0 amide bonds. The van der Waals surface area contributed by atoms with E-state index >= 15 is 0 Å². The smallest absolute Gasteiger partial charge is 0.323 e. The van der Waals surface area contributed by atoms with Crippen molar-refractivity contribution >= 4 is 17.7 Å². The maximum Gasteiger partial charge on any atom is 0.323 e. The van der Waals surface area contributed by atoms with Crippen LogP contribution in [0, 0.1) is 5.82 Å². The maximum atomic E-state index is 13.5. The summed E-state index contributed by atoms with van der Waals surface area (Å²) in [5, 5.41) is 12.6. The number of nitrogens with one attached hydrogen (secondary N) is 1. The van der Waals surface area contributed by atoms with Crippen molar-refractivity contribution in [2.45, 2.75) is 50.0 Å². The number of benzene rings is 1. The van der Waals surface area contributed by atoms with Crippen molar-refractivity contribution in [1.29, 1.82) is 0 Å². The van der Waals surface area contributed by atoms with E-state index in [1.807, 2.05) is 19.9 Å². The summed E-state index contributed by atoms with van der Waals surface area (Å²) in [6, 6.07) is 6.67. The second-order valence-corrected chi connectivity index (χ2v) is 6.19. The van der Waals surface area contributed by atoms with Crippen LogP contribution in [0.5, 0.6) is 0 Å². The molecule has 21 heavy (non-hydrogen) atoms. The lowest BCUT2D eigenvalue weighted by molar-refractivity contribution is -0.145. The Morgan fingerprint density at radius 3 is 2.67 bits per heavy atom. The molecular formula is C16H24FNO2S. The van der Waals surface area contributed by atoms with E-state index in [4.69, 9.17) is 0 Å². The van der Waals surface area contributed by atoms with Gasteiger partial charge in [-0.1, -0.05) is 26.0 Å². The molecule has 118 valence electrons. The fourth-order valence-corrected chi connectivity index (χ4v) is 3.10. The summed E-state index contributed by atoms with van der Waals surface area (Å²) in [5.74, 6) is -0.301. The SMILES string of the molecule is CCCNC(CC)(CCCSc1ccccc1F)C(=O)O. The molecule has 3 nitrogen and oxygen atoms in total. The van der Waals surface area contributed by atoms with Gasteiger partial charge in [-0.15, -0.1) is 11.8 Å². The lowest BCUT2D eigenvalue weighted by Gasteiger charge is -2.29. The number of carboxylic acid groups (broad SMARTS) is 1. The van der Waals surface area contributed by atoms with Gasteiger partial charge in [-0.2, -0.15) is 0 Å². The highest BCUT2D eigenvalue weighted by Gasteiger charge is 2.35. The molecule has 0 fully saturated rings. The van der Waals surface area contributed by atoms with Crippen LogP contribution in [0.1, 0.15) is 39.5 Å². The third-order valence-corrected chi connectivity index (χ3v) is 4.70. The normalized spacial score (nSPS) is 13.9. The number of thioether (sulfide) groups is 1. The minimum absolute atomic E-state index is 0.216. The van der Waals surface area contributed by atoms with Gasteiger partial charge in [0.15, 0.2) is 0 Å². The van der Waals surface area contributed by atoms with Crippen molar-refractivity contribution in [3.05, 3.63) is 30.1 Å². The molecule has 1 aromatic rings. The zero-order chi connectivity index (χ0) is 15.7. The van der Waals surface area contributed by atoms with E-state index in [0.717, 1.165) is 12.8 Å². The molecule has 0 aromatic heterocycles. The number of hydrogen-bond donors (Lipinski definition) is 2. The monoisotopic (exact) mass is 313 g/mol. The zero-order valence-corrected chi connectivity index (χ0v) is 13.5. The number of halogens is 1. The van der Waals surface area contributed by atoms with Gasteiger partial charge in [-0.25, -0.2) is 4.39 Å². The quantitative estimate of drug-likeness (QED) is 0.507. The van der Waals surface area contributed by atoms with E-state index in [9.17, 15) is 14.3 Å². The van der Waals surface area contributed by atoms with Crippen LogP contribution >= 0.6 is 11.8 Å². The minimum Gasteiger partial charge on any atom is -0.480 e. The highest BCUT2D eigenvalue weighted by atomic mass is 32.2. The first-order valence-corrected chi connectivity index (χ1v) is 8.40. The Morgan fingerprint density at radius 2 is 2.10 bits per heavy atom. The second kappa shape index (κ2) is 9.05. The number of rotatable bonds is 10. The van der Waals surface area contributed by atoms with Crippen LogP contribution < -0.4 is 5.32 Å². The molecule has 2 N–H and O–H groups in total. The van der Waals surface area contributed by atoms with Gasteiger partial charge < -0.3 is 10.4 Å². The topological polar surface area (TPSA) is 49.3 Å². The Labute approximate surface area is 130 Å². The summed E-state index contributed by atoms with van der Waals surface area (Å²) in [5.41, 5.74) is -0.855. The third-order valence-electron chi connectivity index (χ3n) is 3.57. The standard InChI is InChI=1S/C16H24FNO2S/c1-3-11-18-16(4-2,15(19)20)10-7-12-21-14-9-6-5-8-13(14)17/h5-6,8-9,18H,3-4,7,10-12H2,1-2H3,(H,19,20). The number of aliphatic carboxylic acids is 1. The number of carbonyl (C=O) groups is 1. The average Bonchev–Trinajstić information content (AvgIpc) is 2.48. The zero-order valence-electron chi connectivity index (χ0n) is 12.7. The summed E-state index contributed by atoms with van der Waals surface area (Å²) >= 11 is 1.44. The summed E-state index contributed by atoms with van der Waals surface area (Å²) in [7, 11) is 0. The van der Waals surface area contributed by atoms with Crippen LogP contribution in [0.2, 0.25) is 0 Å². The first kappa shape index (κ1) is 18.0. The molecule has 0 aliphatic heterocycles. The molecule has 1 atom stereocenters. The van der Waals surface area contributed by atoms with Crippen LogP contribution in [0.4, 0.5) is 4.39 Å². The van der Waals surface area contributed by atoms with E-state index in [2.05, 4.69) is 5.32 Å². The van der Waals surface area contributed by atoms with Crippen molar-refractivity contribution in [2.24, 2.45) is 0 Å². The summed E-state index contributed by atoms with van der Waals surface area (Å²) in [6.45, 7) is 4.60. The van der Waals surface area contributed by atoms with Gasteiger partial charge in [0, 0.05) is 4.90 Å². The van der Waals surface area contributed by atoms with Gasteiger partial charge in [0.05, 0.1) is 0 Å². The van der Waals surface area contributed by atoms with E-state index in [0.29, 0.717) is 30.0 Å². The Balaban J connectivity index is 2.50. The van der Waals surface area contributed by atoms with Gasteiger partial charge in [0.2, 0.25) is 0 Å². The van der Waals surface area contributed by atoms with Gasteiger partial charge >= 0.3 is 5.97 Å². The van der Waals surface area contributed by atoms with Crippen LogP contribution in [-0.4, -0.2) is 28.9 Å². The predicted octanol–water partition coefficient (Wildman–Crippen LogP) is 3.93. The average molecular weight is 313 g/mol. The highest BCUT2D eigenvalue weighted by Crippen LogP contribution is 2.25. The maximum absolute atomic E-state index is 13.5. The second-order valence-electron chi connectivity index (χ2n) is 5.05. The Morgan fingerprint density at radius 1 is 1.38 bits per heavy atom. The van der Waals surface area contributed by atoms with E-state index in [-0.39, 0.29) is 5.82 Å². The van der Waals surface area contributed by atoms with E-state index < -0.39 is 11.5 Å². The molecule has 0 radical (unpaired) electrons. The number of hydrogen-bond acceptors (Lipinski definition) is 3. The molecule has 0 saturated heterocycles. The Hall–Kier alpha value is -1.07. The first-order valence-electron chi connectivity index (χ1n) is 7.41. The van der Waals surface area contributed by atoms with Crippen molar-refractivity contribution in [3.63, 3.8) is 0 Å². The predicted molar refractivity (Wildman–Crippen MR) is 85.3 cm³/mol. The molecule has 1 rings (SSSR count). The van der Waals surface area contributed by atoms with E-state index in [1.165, 1.54) is 17.8 Å². The lowest BCUT2D eigenvalue weighted by atomic mass is 9.90. The molecule has 0 aliphatic rings. The van der Waals surface area contributed by atoms with Crippen LogP contribution in [0.25, 0.3) is 0 Å².